The SMILES string of the molecule is CC1=Cc2cc(C(C)(C)C)ccc2[CH]1[Zr]([CH3])[CH3]. The van der Waals surface area contributed by atoms with Gasteiger partial charge in [0.2, 0.25) is 0 Å². The van der Waals surface area contributed by atoms with Crippen LogP contribution in [0.25, 0.3) is 6.08 Å². The Balaban J connectivity index is 2.47. The zero-order valence-corrected chi connectivity index (χ0v) is 14.3. The molecule has 1 heteroatoms. The van der Waals surface area contributed by atoms with Crippen molar-refractivity contribution < 1.29 is 21.8 Å². The number of hydrogen-bond donors (Lipinski definition) is 0. The van der Waals surface area contributed by atoms with Crippen molar-refractivity contribution in [1.82, 2.24) is 0 Å². The Morgan fingerprint density at radius 2 is 1.76 bits per heavy atom. The van der Waals surface area contributed by atoms with Crippen LogP contribution in [0.3, 0.4) is 0 Å². The van der Waals surface area contributed by atoms with Crippen molar-refractivity contribution in [3.05, 3.63) is 40.5 Å². The summed E-state index contributed by atoms with van der Waals surface area (Å²) in [6, 6.07) is 7.14. The van der Waals surface area contributed by atoms with Crippen LogP contribution in [0, 0.1) is 0 Å². The summed E-state index contributed by atoms with van der Waals surface area (Å²) in [4.78, 5) is 0. The minimum atomic E-state index is -1.20. The number of benzene rings is 1. The quantitative estimate of drug-likeness (QED) is 0.672. The predicted molar refractivity (Wildman–Crippen MR) is 73.3 cm³/mol. The summed E-state index contributed by atoms with van der Waals surface area (Å²) in [5, 5.41) is 0. The standard InChI is InChI=1S/C14H17.2CH3.Zr/c1-10-7-11-5-6-13(14(2,3)4)9-12(11)8-10;;;/h5-9H,1-4H3;2*1H3;. The van der Waals surface area contributed by atoms with Crippen molar-refractivity contribution in [1.29, 1.82) is 0 Å². The van der Waals surface area contributed by atoms with Crippen LogP contribution >= 0.6 is 0 Å². The van der Waals surface area contributed by atoms with E-state index in [-0.39, 0.29) is 5.41 Å². The fraction of sp³-hybridized carbons (Fsp3) is 0.500. The van der Waals surface area contributed by atoms with E-state index >= 15 is 0 Å². The number of fused-ring (bicyclic) bond motifs is 1. The van der Waals surface area contributed by atoms with Gasteiger partial charge < -0.3 is 0 Å². The van der Waals surface area contributed by atoms with E-state index < -0.39 is 21.8 Å². The topological polar surface area (TPSA) is 0 Å². The minimum absolute atomic E-state index is 0.259. The second-order valence-electron chi connectivity index (χ2n) is 6.49. The Hall–Kier alpha value is -0.157. The summed E-state index contributed by atoms with van der Waals surface area (Å²) >= 11 is -1.20. The molecule has 1 aliphatic rings. The van der Waals surface area contributed by atoms with Gasteiger partial charge in [-0.3, -0.25) is 0 Å². The van der Waals surface area contributed by atoms with Gasteiger partial charge in [-0.15, -0.1) is 0 Å². The van der Waals surface area contributed by atoms with E-state index in [1.165, 1.54) is 11.1 Å². The molecule has 91 valence electrons. The van der Waals surface area contributed by atoms with Crippen molar-refractivity contribution in [2.75, 3.05) is 0 Å². The van der Waals surface area contributed by atoms with Gasteiger partial charge in [0, 0.05) is 0 Å². The van der Waals surface area contributed by atoms with Gasteiger partial charge in [0.15, 0.2) is 0 Å². The van der Waals surface area contributed by atoms with E-state index in [4.69, 9.17) is 0 Å². The first-order chi connectivity index (χ1) is 7.80. The molecule has 0 radical (unpaired) electrons. The van der Waals surface area contributed by atoms with Gasteiger partial charge in [-0.2, -0.15) is 0 Å². The molecule has 1 aromatic carbocycles. The molecule has 0 bridgehead atoms. The second kappa shape index (κ2) is 4.50. The zero-order chi connectivity index (χ0) is 12.8. The van der Waals surface area contributed by atoms with Crippen LogP contribution in [-0.4, -0.2) is 0 Å². The first kappa shape index (κ1) is 13.3. The maximum atomic E-state index is 2.51. The summed E-state index contributed by atoms with van der Waals surface area (Å²) in [5.74, 6) is 0. The molecule has 0 amide bonds. The van der Waals surface area contributed by atoms with E-state index in [0.29, 0.717) is 0 Å². The fourth-order valence-electron chi connectivity index (χ4n) is 2.77. The molecular formula is C16H23Zr. The number of rotatable bonds is 1. The first-order valence-corrected chi connectivity index (χ1v) is 12.8. The maximum absolute atomic E-state index is 2.51. The van der Waals surface area contributed by atoms with Gasteiger partial charge in [-0.1, -0.05) is 0 Å². The Bertz CT molecular complexity index is 461. The average molecular weight is 307 g/mol. The Kier molecular flexibility index (Phi) is 3.52. The number of hydrogen-bond acceptors (Lipinski definition) is 0. The Labute approximate surface area is 114 Å². The molecule has 0 saturated heterocycles. The van der Waals surface area contributed by atoms with E-state index in [2.05, 4.69) is 61.2 Å². The molecule has 17 heavy (non-hydrogen) atoms. The van der Waals surface area contributed by atoms with Crippen molar-refractivity contribution in [3.8, 4) is 0 Å². The molecule has 0 aliphatic heterocycles. The Morgan fingerprint density at radius 3 is 2.29 bits per heavy atom. The van der Waals surface area contributed by atoms with Crippen molar-refractivity contribution in [3.63, 3.8) is 0 Å². The summed E-state index contributed by atoms with van der Waals surface area (Å²) in [6.45, 7) is 9.19. The third-order valence-corrected chi connectivity index (χ3v) is 8.40. The number of allylic oxidation sites excluding steroid dienone is 1. The van der Waals surface area contributed by atoms with E-state index in [1.54, 1.807) is 11.1 Å². The zero-order valence-electron chi connectivity index (χ0n) is 11.9. The molecule has 0 N–H and O–H groups in total. The molecule has 1 aromatic rings. The molecule has 0 aromatic heterocycles. The van der Waals surface area contributed by atoms with Crippen LogP contribution < -0.4 is 0 Å². The van der Waals surface area contributed by atoms with Gasteiger partial charge in [0.25, 0.3) is 0 Å². The summed E-state index contributed by atoms with van der Waals surface area (Å²) in [6.07, 6.45) is 2.42. The summed E-state index contributed by atoms with van der Waals surface area (Å²) in [7, 11) is 0. The van der Waals surface area contributed by atoms with Gasteiger partial charge in [-0.05, 0) is 0 Å². The van der Waals surface area contributed by atoms with E-state index in [9.17, 15) is 0 Å². The van der Waals surface area contributed by atoms with Gasteiger partial charge in [-0.25, -0.2) is 0 Å². The van der Waals surface area contributed by atoms with Gasteiger partial charge >= 0.3 is 114 Å². The summed E-state index contributed by atoms with van der Waals surface area (Å²) < 4.78 is 5.84. The van der Waals surface area contributed by atoms with Crippen LogP contribution in [0.15, 0.2) is 23.8 Å². The van der Waals surface area contributed by atoms with Gasteiger partial charge in [0.05, 0.1) is 0 Å². The molecular weight excluding hydrogens is 283 g/mol. The van der Waals surface area contributed by atoms with Crippen LogP contribution in [-0.2, 0) is 27.2 Å². The molecule has 1 unspecified atom stereocenters. The van der Waals surface area contributed by atoms with Crippen molar-refractivity contribution in [2.45, 2.75) is 46.0 Å². The molecule has 0 saturated carbocycles. The normalized spacial score (nSPS) is 18.9. The van der Waals surface area contributed by atoms with E-state index in [0.717, 1.165) is 3.63 Å². The van der Waals surface area contributed by atoms with Gasteiger partial charge in [0.1, 0.15) is 0 Å². The third kappa shape index (κ3) is 2.50. The van der Waals surface area contributed by atoms with Crippen LogP contribution in [0.1, 0.15) is 48.0 Å². The fourth-order valence-corrected chi connectivity index (χ4v) is 7.39. The average Bonchev–Trinajstić information content (AvgIpc) is 2.50. The molecule has 1 atom stereocenters. The summed E-state index contributed by atoms with van der Waals surface area (Å²) in [5.41, 5.74) is 6.41. The monoisotopic (exact) mass is 305 g/mol. The van der Waals surface area contributed by atoms with Crippen molar-refractivity contribution >= 4 is 6.08 Å². The van der Waals surface area contributed by atoms with Crippen LogP contribution in [0.4, 0.5) is 0 Å². The molecule has 0 heterocycles. The molecule has 0 fully saturated rings. The first-order valence-electron chi connectivity index (χ1n) is 6.43. The Morgan fingerprint density at radius 1 is 1.12 bits per heavy atom. The second-order valence-corrected chi connectivity index (χ2v) is 13.2. The molecule has 1 aliphatic carbocycles. The predicted octanol–water partition coefficient (Wildman–Crippen LogP) is 5.16. The third-order valence-electron chi connectivity index (χ3n) is 3.68. The van der Waals surface area contributed by atoms with Crippen LogP contribution in [0.2, 0.25) is 9.26 Å². The molecule has 0 nitrogen and oxygen atoms in total. The van der Waals surface area contributed by atoms with Crippen LogP contribution in [0.5, 0.6) is 0 Å². The van der Waals surface area contributed by atoms with E-state index in [1.807, 2.05) is 0 Å². The molecule has 2 rings (SSSR count). The van der Waals surface area contributed by atoms with Crippen molar-refractivity contribution in [2.24, 2.45) is 0 Å². The molecule has 0 spiro atoms.